The summed E-state index contributed by atoms with van der Waals surface area (Å²) in [7, 11) is 1.46. The lowest BCUT2D eigenvalue weighted by Gasteiger charge is -2.04. The second-order valence-electron chi connectivity index (χ2n) is 4.32. The second-order valence-corrected chi connectivity index (χ2v) is 4.32. The Kier molecular flexibility index (Phi) is 2.98. The van der Waals surface area contributed by atoms with Crippen LogP contribution in [0.5, 0.6) is 0 Å². The van der Waals surface area contributed by atoms with E-state index in [1.165, 1.54) is 37.6 Å². The number of nitrogen functional groups attached to an aromatic ring is 1. The molecule has 0 aliphatic rings. The Hall–Kier alpha value is -3.03. The van der Waals surface area contributed by atoms with Crippen LogP contribution in [0.4, 0.5) is 10.2 Å². The minimum absolute atomic E-state index is 0.104. The molecule has 106 valence electrons. The van der Waals surface area contributed by atoms with E-state index in [0.29, 0.717) is 11.3 Å². The topological polar surface area (TPSA) is 99.8 Å². The van der Waals surface area contributed by atoms with E-state index >= 15 is 0 Å². The molecule has 0 spiro atoms. The Balaban J connectivity index is 2.12. The summed E-state index contributed by atoms with van der Waals surface area (Å²) in [5.41, 5.74) is 6.45. The molecule has 21 heavy (non-hydrogen) atoms. The minimum Gasteiger partial charge on any atom is -0.388 e. The van der Waals surface area contributed by atoms with Crippen LogP contribution >= 0.6 is 0 Å². The zero-order valence-electron chi connectivity index (χ0n) is 10.9. The number of hydrogen-bond donors (Lipinski definition) is 1. The van der Waals surface area contributed by atoms with Crippen LogP contribution in [0.3, 0.4) is 0 Å². The molecule has 2 aromatic heterocycles. The fraction of sp³-hybridized carbons (Fsp3) is 0.0769. The summed E-state index contributed by atoms with van der Waals surface area (Å²) >= 11 is 0. The van der Waals surface area contributed by atoms with Crippen LogP contribution in [0.1, 0.15) is 0 Å². The van der Waals surface area contributed by atoms with E-state index in [-0.39, 0.29) is 17.3 Å². The maximum absolute atomic E-state index is 13.9. The van der Waals surface area contributed by atoms with Gasteiger partial charge in [0.1, 0.15) is 11.6 Å². The van der Waals surface area contributed by atoms with Crippen molar-refractivity contribution in [3.8, 4) is 22.7 Å². The van der Waals surface area contributed by atoms with Crippen molar-refractivity contribution in [2.75, 3.05) is 5.73 Å². The number of benzene rings is 1. The summed E-state index contributed by atoms with van der Waals surface area (Å²) in [5.74, 6) is -0.725. The lowest BCUT2D eigenvalue weighted by Crippen LogP contribution is -2.09. The SMILES string of the molecule is Cn1nc(-c2ccc(F)c(-c3cnc(N)cn3)c2)oc1=O. The standard InChI is InChI=1S/C13H10FN5O2/c1-19-13(20)21-12(18-19)7-2-3-9(14)8(4-7)10-5-17-11(15)6-16-10/h2-6H,1H3,(H2,15,17). The molecule has 3 rings (SSSR count). The molecular weight excluding hydrogens is 277 g/mol. The van der Waals surface area contributed by atoms with Crippen LogP contribution < -0.4 is 11.5 Å². The largest absolute Gasteiger partial charge is 0.437 e. The quantitative estimate of drug-likeness (QED) is 0.760. The zero-order chi connectivity index (χ0) is 15.0. The third-order valence-corrected chi connectivity index (χ3v) is 2.85. The zero-order valence-corrected chi connectivity index (χ0v) is 10.9. The molecule has 8 heteroatoms. The maximum atomic E-state index is 13.9. The predicted molar refractivity (Wildman–Crippen MR) is 72.6 cm³/mol. The monoisotopic (exact) mass is 287 g/mol. The lowest BCUT2D eigenvalue weighted by atomic mass is 10.1. The number of anilines is 1. The predicted octanol–water partition coefficient (Wildman–Crippen LogP) is 1.22. The lowest BCUT2D eigenvalue weighted by molar-refractivity contribution is 0.505. The average molecular weight is 287 g/mol. The van der Waals surface area contributed by atoms with Gasteiger partial charge in [0.25, 0.3) is 0 Å². The highest BCUT2D eigenvalue weighted by atomic mass is 19.1. The minimum atomic E-state index is -0.594. The Morgan fingerprint density at radius 1 is 1.29 bits per heavy atom. The van der Waals surface area contributed by atoms with Crippen molar-refractivity contribution in [1.82, 2.24) is 19.7 Å². The fourth-order valence-corrected chi connectivity index (χ4v) is 1.79. The van der Waals surface area contributed by atoms with Gasteiger partial charge in [-0.25, -0.2) is 14.2 Å². The Morgan fingerprint density at radius 2 is 2.10 bits per heavy atom. The molecule has 0 atom stereocenters. The normalized spacial score (nSPS) is 10.8. The molecule has 2 N–H and O–H groups in total. The summed E-state index contributed by atoms with van der Waals surface area (Å²) in [6, 6.07) is 4.20. The molecule has 0 amide bonds. The van der Waals surface area contributed by atoms with Gasteiger partial charge in [0, 0.05) is 18.2 Å². The molecule has 0 saturated heterocycles. The summed E-state index contributed by atoms with van der Waals surface area (Å²) in [5, 5.41) is 3.92. The highest BCUT2D eigenvalue weighted by molar-refractivity contribution is 5.67. The number of aromatic nitrogens is 4. The molecule has 2 heterocycles. The number of halogens is 1. The van der Waals surface area contributed by atoms with E-state index in [4.69, 9.17) is 10.2 Å². The first-order valence-corrected chi connectivity index (χ1v) is 5.96. The maximum Gasteiger partial charge on any atom is 0.437 e. The Morgan fingerprint density at radius 3 is 2.71 bits per heavy atom. The van der Waals surface area contributed by atoms with Crippen molar-refractivity contribution in [2.24, 2.45) is 7.05 Å². The van der Waals surface area contributed by atoms with E-state index < -0.39 is 11.6 Å². The van der Waals surface area contributed by atoms with Gasteiger partial charge >= 0.3 is 5.76 Å². The second kappa shape index (κ2) is 4.82. The number of nitrogens with zero attached hydrogens (tertiary/aromatic N) is 4. The molecule has 0 aliphatic carbocycles. The summed E-state index contributed by atoms with van der Waals surface area (Å²) < 4.78 is 20.0. The van der Waals surface area contributed by atoms with Gasteiger partial charge in [-0.05, 0) is 18.2 Å². The van der Waals surface area contributed by atoms with Crippen LogP contribution in [-0.2, 0) is 7.05 Å². The summed E-state index contributed by atoms with van der Waals surface area (Å²) in [6.45, 7) is 0. The smallest absolute Gasteiger partial charge is 0.388 e. The molecule has 0 saturated carbocycles. The summed E-state index contributed by atoms with van der Waals surface area (Å²) in [6.07, 6.45) is 2.70. The molecule has 0 fully saturated rings. The highest BCUT2D eigenvalue weighted by Crippen LogP contribution is 2.26. The van der Waals surface area contributed by atoms with E-state index in [0.717, 1.165) is 4.68 Å². The highest BCUT2D eigenvalue weighted by Gasteiger charge is 2.13. The van der Waals surface area contributed by atoms with E-state index in [1.54, 1.807) is 0 Å². The Labute approximate surface area is 117 Å². The molecule has 0 unspecified atom stereocenters. The van der Waals surface area contributed by atoms with Crippen LogP contribution in [0.2, 0.25) is 0 Å². The van der Waals surface area contributed by atoms with Crippen molar-refractivity contribution in [3.05, 3.63) is 47.0 Å². The third-order valence-electron chi connectivity index (χ3n) is 2.85. The van der Waals surface area contributed by atoms with Crippen molar-refractivity contribution < 1.29 is 8.81 Å². The van der Waals surface area contributed by atoms with Crippen LogP contribution in [0.15, 0.2) is 39.8 Å². The van der Waals surface area contributed by atoms with Gasteiger partial charge in [-0.15, -0.1) is 5.10 Å². The molecule has 1 aromatic carbocycles. The molecule has 0 bridgehead atoms. The first-order chi connectivity index (χ1) is 10.0. The first-order valence-electron chi connectivity index (χ1n) is 5.96. The number of nitrogens with two attached hydrogens (primary N) is 1. The van der Waals surface area contributed by atoms with Crippen LogP contribution in [-0.4, -0.2) is 19.7 Å². The van der Waals surface area contributed by atoms with Crippen molar-refractivity contribution in [2.45, 2.75) is 0 Å². The van der Waals surface area contributed by atoms with E-state index in [2.05, 4.69) is 15.1 Å². The third kappa shape index (κ3) is 2.38. The van der Waals surface area contributed by atoms with Gasteiger partial charge < -0.3 is 10.2 Å². The molecule has 0 aliphatic heterocycles. The van der Waals surface area contributed by atoms with Gasteiger partial charge in [0.05, 0.1) is 18.1 Å². The van der Waals surface area contributed by atoms with Gasteiger partial charge in [0.15, 0.2) is 0 Å². The van der Waals surface area contributed by atoms with Gasteiger partial charge in [-0.1, -0.05) is 0 Å². The molecular formula is C13H10FN5O2. The van der Waals surface area contributed by atoms with Gasteiger partial charge in [-0.2, -0.15) is 4.68 Å². The number of hydrogen-bond acceptors (Lipinski definition) is 6. The first kappa shape index (κ1) is 13.0. The number of rotatable bonds is 2. The van der Waals surface area contributed by atoms with Crippen molar-refractivity contribution in [3.63, 3.8) is 0 Å². The molecule has 0 radical (unpaired) electrons. The van der Waals surface area contributed by atoms with Crippen molar-refractivity contribution in [1.29, 1.82) is 0 Å². The van der Waals surface area contributed by atoms with Crippen LogP contribution in [0, 0.1) is 5.82 Å². The average Bonchev–Trinajstić information content (AvgIpc) is 2.80. The van der Waals surface area contributed by atoms with Crippen LogP contribution in [0.25, 0.3) is 22.7 Å². The Bertz CT molecular complexity index is 854. The van der Waals surface area contributed by atoms with Gasteiger partial charge in [-0.3, -0.25) is 4.98 Å². The summed E-state index contributed by atoms with van der Waals surface area (Å²) in [4.78, 5) is 19.2. The molecule has 7 nitrogen and oxygen atoms in total. The molecule has 3 aromatic rings. The van der Waals surface area contributed by atoms with E-state index in [1.807, 2.05) is 0 Å². The van der Waals surface area contributed by atoms with Crippen molar-refractivity contribution >= 4 is 5.82 Å². The van der Waals surface area contributed by atoms with Gasteiger partial charge in [0.2, 0.25) is 5.89 Å². The van der Waals surface area contributed by atoms with E-state index in [9.17, 15) is 9.18 Å². The number of aryl methyl sites for hydroxylation is 1. The fourth-order valence-electron chi connectivity index (χ4n) is 1.79.